The summed E-state index contributed by atoms with van der Waals surface area (Å²) in [5, 5.41) is 9.02. The lowest BCUT2D eigenvalue weighted by atomic mass is 10.1. The summed E-state index contributed by atoms with van der Waals surface area (Å²) in [4.78, 5) is 44.6. The first-order valence-corrected chi connectivity index (χ1v) is 11.1. The summed E-state index contributed by atoms with van der Waals surface area (Å²) in [6, 6.07) is 14.1. The quantitative estimate of drug-likeness (QED) is 0.577. The van der Waals surface area contributed by atoms with E-state index >= 15 is 0 Å². The maximum Gasteiger partial charge on any atom is 0.257 e. The van der Waals surface area contributed by atoms with Crippen molar-refractivity contribution in [2.75, 3.05) is 51.4 Å². The van der Waals surface area contributed by atoms with Crippen LogP contribution >= 0.6 is 0 Å². The number of anilines is 1. The fraction of sp³-hybridized carbons (Fsp3) is 0.360. The molecule has 176 valence electrons. The fourth-order valence-corrected chi connectivity index (χ4v) is 4.21. The number of rotatable bonds is 7. The van der Waals surface area contributed by atoms with E-state index in [1.807, 2.05) is 6.07 Å². The summed E-state index contributed by atoms with van der Waals surface area (Å²) in [5.41, 5.74) is 1.21. The SMILES string of the molecule is COc1cccc(C(=O)N(CCN2CCOCC2)C2CC(=O)N(c3ccc(C#N)cc3)C2=O)c1. The minimum atomic E-state index is -0.914. The molecule has 2 heterocycles. The van der Waals surface area contributed by atoms with Crippen LogP contribution in [0.25, 0.3) is 0 Å². The van der Waals surface area contributed by atoms with Crippen LogP contribution in [0.3, 0.4) is 0 Å². The van der Waals surface area contributed by atoms with Gasteiger partial charge in [-0.25, -0.2) is 4.90 Å². The largest absolute Gasteiger partial charge is 0.497 e. The van der Waals surface area contributed by atoms with Gasteiger partial charge in [0.05, 0.1) is 44.1 Å². The van der Waals surface area contributed by atoms with Crippen LogP contribution in [0.5, 0.6) is 5.75 Å². The van der Waals surface area contributed by atoms with Crippen LogP contribution in [0.15, 0.2) is 48.5 Å². The molecule has 1 unspecified atom stereocenters. The van der Waals surface area contributed by atoms with Crippen molar-refractivity contribution in [2.24, 2.45) is 0 Å². The monoisotopic (exact) mass is 462 g/mol. The maximum absolute atomic E-state index is 13.6. The third-order valence-corrected chi connectivity index (χ3v) is 6.09. The molecule has 0 spiro atoms. The molecule has 9 heteroatoms. The van der Waals surface area contributed by atoms with E-state index in [1.54, 1.807) is 48.5 Å². The van der Waals surface area contributed by atoms with E-state index in [0.29, 0.717) is 48.9 Å². The number of carbonyl (C=O) groups is 3. The lowest BCUT2D eigenvalue weighted by Crippen LogP contribution is -2.49. The van der Waals surface area contributed by atoms with Gasteiger partial charge in [-0.2, -0.15) is 5.26 Å². The minimum Gasteiger partial charge on any atom is -0.497 e. The highest BCUT2D eigenvalue weighted by Crippen LogP contribution is 2.27. The van der Waals surface area contributed by atoms with E-state index in [4.69, 9.17) is 14.7 Å². The average Bonchev–Trinajstić information content (AvgIpc) is 3.18. The van der Waals surface area contributed by atoms with Crippen molar-refractivity contribution in [2.45, 2.75) is 12.5 Å². The molecule has 0 N–H and O–H groups in total. The Morgan fingerprint density at radius 2 is 1.91 bits per heavy atom. The number of ether oxygens (including phenoxy) is 2. The highest BCUT2D eigenvalue weighted by molar-refractivity contribution is 6.23. The molecule has 0 aromatic heterocycles. The minimum absolute atomic E-state index is 0.0995. The van der Waals surface area contributed by atoms with Crippen LogP contribution in [-0.2, 0) is 14.3 Å². The molecule has 34 heavy (non-hydrogen) atoms. The number of nitrogens with zero attached hydrogens (tertiary/aromatic N) is 4. The van der Waals surface area contributed by atoms with Crippen molar-refractivity contribution in [3.63, 3.8) is 0 Å². The molecule has 0 aliphatic carbocycles. The third kappa shape index (κ3) is 4.93. The molecule has 2 aromatic carbocycles. The zero-order valence-corrected chi connectivity index (χ0v) is 19.0. The van der Waals surface area contributed by atoms with Crippen LogP contribution in [-0.4, -0.2) is 80.1 Å². The van der Waals surface area contributed by atoms with Crippen molar-refractivity contribution in [1.29, 1.82) is 5.26 Å². The summed E-state index contributed by atoms with van der Waals surface area (Å²) in [7, 11) is 1.52. The molecule has 3 amide bonds. The number of benzene rings is 2. The second-order valence-electron chi connectivity index (χ2n) is 8.13. The number of hydrogen-bond acceptors (Lipinski definition) is 7. The molecule has 2 fully saturated rings. The lowest BCUT2D eigenvalue weighted by molar-refractivity contribution is -0.122. The van der Waals surface area contributed by atoms with Crippen LogP contribution in [0, 0.1) is 11.3 Å². The first-order valence-electron chi connectivity index (χ1n) is 11.1. The maximum atomic E-state index is 13.6. The van der Waals surface area contributed by atoms with Crippen molar-refractivity contribution >= 4 is 23.4 Å². The molecule has 1 atom stereocenters. The predicted molar refractivity (Wildman–Crippen MR) is 123 cm³/mol. The molecule has 9 nitrogen and oxygen atoms in total. The standard InChI is InChI=1S/C25H26N4O5/c1-33-21-4-2-3-19(15-21)24(31)28(10-9-27-11-13-34-14-12-27)22-16-23(30)29(25(22)32)20-7-5-18(17-26)6-8-20/h2-8,15,22H,9-14,16H2,1H3. The molecule has 0 bridgehead atoms. The van der Waals surface area contributed by atoms with Crippen LogP contribution < -0.4 is 9.64 Å². The molecule has 2 aliphatic heterocycles. The Balaban J connectivity index is 1.60. The van der Waals surface area contributed by atoms with E-state index < -0.39 is 11.9 Å². The van der Waals surface area contributed by atoms with E-state index in [9.17, 15) is 14.4 Å². The van der Waals surface area contributed by atoms with Crippen LogP contribution in [0.2, 0.25) is 0 Å². The number of imide groups is 1. The third-order valence-electron chi connectivity index (χ3n) is 6.09. The second-order valence-corrected chi connectivity index (χ2v) is 8.13. The van der Waals surface area contributed by atoms with E-state index in [0.717, 1.165) is 18.0 Å². The predicted octanol–water partition coefficient (Wildman–Crippen LogP) is 1.67. The zero-order valence-electron chi connectivity index (χ0n) is 19.0. The Bertz CT molecular complexity index is 1110. The summed E-state index contributed by atoms with van der Waals surface area (Å²) >= 11 is 0. The Morgan fingerprint density at radius 3 is 2.59 bits per heavy atom. The normalized spacial score (nSPS) is 18.6. The summed E-state index contributed by atoms with van der Waals surface area (Å²) in [6.07, 6.45) is -0.0995. The fourth-order valence-electron chi connectivity index (χ4n) is 4.21. The smallest absolute Gasteiger partial charge is 0.257 e. The summed E-state index contributed by atoms with van der Waals surface area (Å²) < 4.78 is 10.6. The molecule has 2 saturated heterocycles. The van der Waals surface area contributed by atoms with Gasteiger partial charge in [-0.15, -0.1) is 0 Å². The van der Waals surface area contributed by atoms with Gasteiger partial charge in [0.25, 0.3) is 11.8 Å². The van der Waals surface area contributed by atoms with Gasteiger partial charge in [-0.3, -0.25) is 19.3 Å². The van der Waals surface area contributed by atoms with Gasteiger partial charge in [-0.05, 0) is 42.5 Å². The zero-order chi connectivity index (χ0) is 24.1. The van der Waals surface area contributed by atoms with Gasteiger partial charge in [0.15, 0.2) is 0 Å². The summed E-state index contributed by atoms with van der Waals surface area (Å²) in [5.74, 6) is -0.630. The first-order chi connectivity index (χ1) is 16.5. The molecule has 0 saturated carbocycles. The van der Waals surface area contributed by atoms with Gasteiger partial charge in [0.2, 0.25) is 5.91 Å². The van der Waals surface area contributed by atoms with Crippen molar-refractivity contribution in [3.8, 4) is 11.8 Å². The van der Waals surface area contributed by atoms with Crippen molar-refractivity contribution in [1.82, 2.24) is 9.80 Å². The topological polar surface area (TPSA) is 103 Å². The number of carbonyl (C=O) groups excluding carboxylic acids is 3. The molecule has 2 aliphatic rings. The number of morpholine rings is 1. The van der Waals surface area contributed by atoms with E-state index in [2.05, 4.69) is 4.90 Å². The highest BCUT2D eigenvalue weighted by Gasteiger charge is 2.44. The molecular formula is C25H26N4O5. The molecule has 0 radical (unpaired) electrons. The number of nitriles is 1. The molecule has 4 rings (SSSR count). The Hall–Kier alpha value is -3.74. The Labute approximate surface area is 198 Å². The Kier molecular flexibility index (Phi) is 7.21. The highest BCUT2D eigenvalue weighted by atomic mass is 16.5. The van der Waals surface area contributed by atoms with Crippen molar-refractivity contribution in [3.05, 3.63) is 59.7 Å². The number of methoxy groups -OCH3 is 1. The van der Waals surface area contributed by atoms with Gasteiger partial charge >= 0.3 is 0 Å². The number of hydrogen-bond donors (Lipinski definition) is 0. The Morgan fingerprint density at radius 1 is 1.18 bits per heavy atom. The van der Waals surface area contributed by atoms with E-state index in [1.165, 1.54) is 12.0 Å². The van der Waals surface area contributed by atoms with Gasteiger partial charge < -0.3 is 14.4 Å². The molecule has 2 aromatic rings. The van der Waals surface area contributed by atoms with Crippen LogP contribution in [0.1, 0.15) is 22.3 Å². The lowest BCUT2D eigenvalue weighted by Gasteiger charge is -2.32. The van der Waals surface area contributed by atoms with Gasteiger partial charge in [-0.1, -0.05) is 6.07 Å². The first kappa shape index (κ1) is 23.4. The van der Waals surface area contributed by atoms with Crippen molar-refractivity contribution < 1.29 is 23.9 Å². The molecular weight excluding hydrogens is 436 g/mol. The van der Waals surface area contributed by atoms with Gasteiger partial charge in [0, 0.05) is 31.7 Å². The summed E-state index contributed by atoms with van der Waals surface area (Å²) in [6.45, 7) is 3.59. The van der Waals surface area contributed by atoms with Gasteiger partial charge in [0.1, 0.15) is 11.8 Å². The second kappa shape index (κ2) is 10.5. The van der Waals surface area contributed by atoms with Crippen LogP contribution in [0.4, 0.5) is 5.69 Å². The number of amides is 3. The average molecular weight is 463 g/mol. The van der Waals surface area contributed by atoms with E-state index in [-0.39, 0.29) is 18.2 Å².